The van der Waals surface area contributed by atoms with E-state index in [1.165, 1.54) is 0 Å². The number of nitrogens with two attached hydrogens (primary N) is 1. The van der Waals surface area contributed by atoms with Gasteiger partial charge in [0.25, 0.3) is 5.91 Å². The van der Waals surface area contributed by atoms with Gasteiger partial charge < -0.3 is 20.9 Å². The van der Waals surface area contributed by atoms with Crippen LogP contribution in [-0.2, 0) is 9.84 Å². The number of hydrogen-bond acceptors (Lipinski definition) is 7. The van der Waals surface area contributed by atoms with Crippen molar-refractivity contribution in [2.75, 3.05) is 23.3 Å². The van der Waals surface area contributed by atoms with E-state index >= 15 is 0 Å². The third kappa shape index (κ3) is 5.07. The van der Waals surface area contributed by atoms with Crippen LogP contribution in [0.4, 0.5) is 11.4 Å². The maximum absolute atomic E-state index is 13.0. The molecule has 10 heteroatoms. The molecule has 0 bridgehead atoms. The predicted octanol–water partition coefficient (Wildman–Crippen LogP) is 3.99. The van der Waals surface area contributed by atoms with Crippen LogP contribution in [0.15, 0.2) is 65.8 Å². The highest BCUT2D eigenvalue weighted by Gasteiger charge is 2.20. The van der Waals surface area contributed by atoms with Crippen LogP contribution >= 0.6 is 0 Å². The highest BCUT2D eigenvalue weighted by atomic mass is 32.2. The number of sulfone groups is 1. The van der Waals surface area contributed by atoms with Gasteiger partial charge in [0.05, 0.1) is 27.7 Å². The van der Waals surface area contributed by atoms with Crippen molar-refractivity contribution in [2.24, 2.45) is 5.73 Å². The van der Waals surface area contributed by atoms with Crippen molar-refractivity contribution in [3.05, 3.63) is 66.5 Å². The van der Waals surface area contributed by atoms with Gasteiger partial charge in [0.15, 0.2) is 15.5 Å². The SMILES string of the molecule is CC(C)S(=O)(=O)c1ccc(-c2cnc3[nH]cc(NC(=O)c4ccc(N5CCC[C@H](N)C5)cc4)c3n2)cc1. The summed E-state index contributed by atoms with van der Waals surface area (Å²) in [7, 11) is -3.36. The van der Waals surface area contributed by atoms with E-state index in [-0.39, 0.29) is 16.8 Å². The molecule has 5 rings (SSSR count). The molecule has 0 unspecified atom stereocenters. The summed E-state index contributed by atoms with van der Waals surface area (Å²) in [5.41, 5.74) is 10.6. The number of rotatable bonds is 6. The molecule has 192 valence electrons. The topological polar surface area (TPSA) is 134 Å². The van der Waals surface area contributed by atoms with E-state index in [0.717, 1.165) is 37.2 Å². The van der Waals surface area contributed by atoms with Crippen LogP contribution in [0.1, 0.15) is 37.0 Å². The monoisotopic (exact) mass is 518 g/mol. The maximum Gasteiger partial charge on any atom is 0.255 e. The van der Waals surface area contributed by atoms with Crippen molar-refractivity contribution >= 4 is 38.3 Å². The number of benzene rings is 2. The number of aromatic amines is 1. The summed E-state index contributed by atoms with van der Waals surface area (Å²) in [4.78, 5) is 27.6. The lowest BCUT2D eigenvalue weighted by Gasteiger charge is -2.32. The van der Waals surface area contributed by atoms with E-state index in [9.17, 15) is 13.2 Å². The summed E-state index contributed by atoms with van der Waals surface area (Å²) >= 11 is 0. The lowest BCUT2D eigenvalue weighted by Crippen LogP contribution is -2.42. The van der Waals surface area contributed by atoms with Gasteiger partial charge in [-0.1, -0.05) is 12.1 Å². The molecule has 1 amide bonds. The van der Waals surface area contributed by atoms with Crippen molar-refractivity contribution in [3.8, 4) is 11.3 Å². The average Bonchev–Trinajstić information content (AvgIpc) is 3.30. The third-order valence-electron chi connectivity index (χ3n) is 6.68. The molecule has 1 atom stereocenters. The van der Waals surface area contributed by atoms with Gasteiger partial charge >= 0.3 is 0 Å². The van der Waals surface area contributed by atoms with Crippen molar-refractivity contribution < 1.29 is 13.2 Å². The van der Waals surface area contributed by atoms with Crippen molar-refractivity contribution in [1.82, 2.24) is 15.0 Å². The first-order valence-corrected chi connectivity index (χ1v) is 13.9. The Morgan fingerprint density at radius 1 is 1.14 bits per heavy atom. The van der Waals surface area contributed by atoms with Gasteiger partial charge in [-0.2, -0.15) is 0 Å². The first kappa shape index (κ1) is 24.9. The van der Waals surface area contributed by atoms with Crippen LogP contribution in [0, 0.1) is 0 Å². The molecule has 0 radical (unpaired) electrons. The maximum atomic E-state index is 13.0. The second-order valence-electron chi connectivity index (χ2n) is 9.62. The van der Waals surface area contributed by atoms with Crippen molar-refractivity contribution in [2.45, 2.75) is 42.9 Å². The fraction of sp³-hybridized carbons (Fsp3) is 0.296. The molecule has 4 aromatic rings. The number of H-pyrrole nitrogens is 1. The Labute approximate surface area is 216 Å². The van der Waals surface area contributed by atoms with E-state index < -0.39 is 15.1 Å². The number of carbonyl (C=O) groups is 1. The van der Waals surface area contributed by atoms with Crippen LogP contribution in [0.5, 0.6) is 0 Å². The number of nitrogens with zero attached hydrogens (tertiary/aromatic N) is 3. The molecule has 1 aliphatic heterocycles. The zero-order chi connectivity index (χ0) is 26.2. The lowest BCUT2D eigenvalue weighted by molar-refractivity contribution is 0.102. The van der Waals surface area contributed by atoms with Gasteiger partial charge in [0, 0.05) is 42.1 Å². The first-order valence-electron chi connectivity index (χ1n) is 12.3. The van der Waals surface area contributed by atoms with Gasteiger partial charge in [-0.05, 0) is 63.1 Å². The summed E-state index contributed by atoms with van der Waals surface area (Å²) in [6.45, 7) is 5.09. The molecular formula is C27H30N6O3S. The van der Waals surface area contributed by atoms with Gasteiger partial charge in [0.2, 0.25) is 0 Å². The molecule has 1 saturated heterocycles. The van der Waals surface area contributed by atoms with E-state index in [1.807, 2.05) is 24.3 Å². The summed E-state index contributed by atoms with van der Waals surface area (Å²) in [6, 6.07) is 14.3. The number of fused-ring (bicyclic) bond motifs is 1. The number of amides is 1. The Balaban J connectivity index is 1.34. The minimum Gasteiger partial charge on any atom is -0.370 e. The fourth-order valence-corrected chi connectivity index (χ4v) is 5.54. The molecule has 0 aliphatic carbocycles. The van der Waals surface area contributed by atoms with Crippen molar-refractivity contribution in [1.29, 1.82) is 0 Å². The van der Waals surface area contributed by atoms with Gasteiger partial charge in [-0.3, -0.25) is 4.79 Å². The highest BCUT2D eigenvalue weighted by Crippen LogP contribution is 2.26. The van der Waals surface area contributed by atoms with Gasteiger partial charge in [0.1, 0.15) is 5.52 Å². The predicted molar refractivity (Wildman–Crippen MR) is 145 cm³/mol. The minimum absolute atomic E-state index is 0.176. The van der Waals surface area contributed by atoms with Crippen LogP contribution in [0.3, 0.4) is 0 Å². The number of hydrogen-bond donors (Lipinski definition) is 3. The molecule has 2 aromatic carbocycles. The molecule has 3 heterocycles. The molecule has 9 nitrogen and oxygen atoms in total. The Kier molecular flexibility index (Phi) is 6.70. The Bertz CT molecular complexity index is 1530. The number of piperidine rings is 1. The number of anilines is 2. The minimum atomic E-state index is -3.36. The van der Waals surface area contributed by atoms with E-state index in [4.69, 9.17) is 5.73 Å². The molecule has 37 heavy (non-hydrogen) atoms. The van der Waals surface area contributed by atoms with E-state index in [0.29, 0.717) is 28.1 Å². The molecule has 0 spiro atoms. The van der Waals surface area contributed by atoms with Gasteiger partial charge in [-0.15, -0.1) is 0 Å². The van der Waals surface area contributed by atoms with Crippen LogP contribution in [0.2, 0.25) is 0 Å². The Hall–Kier alpha value is -3.76. The second kappa shape index (κ2) is 9.95. The molecular weight excluding hydrogens is 488 g/mol. The first-order chi connectivity index (χ1) is 17.7. The van der Waals surface area contributed by atoms with E-state index in [2.05, 4.69) is 25.2 Å². The quantitative estimate of drug-likeness (QED) is 0.351. The zero-order valence-corrected chi connectivity index (χ0v) is 21.6. The Morgan fingerprint density at radius 2 is 1.86 bits per heavy atom. The Morgan fingerprint density at radius 3 is 2.54 bits per heavy atom. The summed E-state index contributed by atoms with van der Waals surface area (Å²) in [5, 5.41) is 2.42. The second-order valence-corrected chi connectivity index (χ2v) is 12.1. The molecule has 4 N–H and O–H groups in total. The fourth-order valence-electron chi connectivity index (χ4n) is 4.48. The smallest absolute Gasteiger partial charge is 0.255 e. The molecule has 2 aromatic heterocycles. The number of nitrogens with one attached hydrogen (secondary N) is 2. The highest BCUT2D eigenvalue weighted by molar-refractivity contribution is 7.92. The largest absolute Gasteiger partial charge is 0.370 e. The van der Waals surface area contributed by atoms with Crippen molar-refractivity contribution in [3.63, 3.8) is 0 Å². The van der Waals surface area contributed by atoms with Crippen LogP contribution < -0.4 is 16.0 Å². The van der Waals surface area contributed by atoms with Gasteiger partial charge in [-0.25, -0.2) is 18.4 Å². The normalized spacial score (nSPS) is 16.3. The van der Waals surface area contributed by atoms with Crippen LogP contribution in [0.25, 0.3) is 22.4 Å². The van der Waals surface area contributed by atoms with Crippen LogP contribution in [-0.4, -0.2) is 53.7 Å². The zero-order valence-electron chi connectivity index (χ0n) is 20.8. The summed E-state index contributed by atoms with van der Waals surface area (Å²) in [6.07, 6.45) is 5.38. The number of aromatic nitrogens is 3. The molecule has 1 fully saturated rings. The molecule has 0 saturated carbocycles. The lowest BCUT2D eigenvalue weighted by atomic mass is 10.1. The molecule has 1 aliphatic rings. The third-order valence-corrected chi connectivity index (χ3v) is 8.85. The summed E-state index contributed by atoms with van der Waals surface area (Å²) in [5.74, 6) is -0.252. The average molecular weight is 519 g/mol. The number of carbonyl (C=O) groups excluding carboxylic acids is 1. The van der Waals surface area contributed by atoms with E-state index in [1.54, 1.807) is 50.5 Å². The summed E-state index contributed by atoms with van der Waals surface area (Å²) < 4.78 is 24.8. The standard InChI is InChI=1S/C27H30N6O3S/c1-17(2)37(35,36)22-11-7-18(8-12-22)23-14-29-26-25(31-23)24(15-30-26)32-27(34)19-5-9-21(10-6-19)33-13-3-4-20(28)16-33/h5-12,14-15,17,20H,3-4,13,16,28H2,1-2H3,(H,29,30)(H,32,34)/t20-/m0/s1.